The summed E-state index contributed by atoms with van der Waals surface area (Å²) in [7, 11) is 0. The van der Waals surface area contributed by atoms with Crippen molar-refractivity contribution in [2.45, 2.75) is 6.54 Å². The molecule has 0 aliphatic heterocycles. The van der Waals surface area contributed by atoms with E-state index >= 15 is 0 Å². The van der Waals surface area contributed by atoms with Gasteiger partial charge in [-0.05, 0) is 11.0 Å². The van der Waals surface area contributed by atoms with Crippen LogP contribution >= 0.6 is 0 Å². The van der Waals surface area contributed by atoms with Gasteiger partial charge in [0.05, 0.1) is 29.5 Å². The largest absolute Gasteiger partial charge is 0.389 e. The molecule has 90 valence electrons. The fourth-order valence-corrected chi connectivity index (χ4v) is 1.50. The summed E-state index contributed by atoms with van der Waals surface area (Å²) in [6, 6.07) is 7.38. The van der Waals surface area contributed by atoms with Gasteiger partial charge in [0.2, 0.25) is 0 Å². The zero-order valence-corrected chi connectivity index (χ0v) is 9.08. The molecule has 18 heavy (non-hydrogen) atoms. The lowest BCUT2D eigenvalue weighted by molar-refractivity contribution is -0.389. The van der Waals surface area contributed by atoms with E-state index in [1.54, 1.807) is 12.1 Å². The van der Waals surface area contributed by atoms with Gasteiger partial charge in [-0.25, -0.2) is 4.39 Å². The monoisotopic (exact) mass is 246 g/mol. The highest BCUT2D eigenvalue weighted by molar-refractivity contribution is 5.35. The van der Waals surface area contributed by atoms with Crippen molar-refractivity contribution >= 4 is 5.82 Å². The SMILES string of the molecule is N#Cc1cccc(Cn2ccc([N+](=O)[O-])n2)c1F. The molecule has 0 N–H and O–H groups in total. The number of aromatic nitrogens is 2. The Balaban J connectivity index is 2.29. The van der Waals surface area contributed by atoms with E-state index in [9.17, 15) is 14.5 Å². The Morgan fingerprint density at radius 1 is 1.50 bits per heavy atom. The zero-order valence-electron chi connectivity index (χ0n) is 9.08. The summed E-state index contributed by atoms with van der Waals surface area (Å²) in [5.74, 6) is -0.926. The molecule has 0 radical (unpaired) electrons. The Bertz CT molecular complexity index is 645. The maximum Gasteiger partial charge on any atom is 0.389 e. The third kappa shape index (κ3) is 2.17. The normalized spacial score (nSPS) is 10.0. The Kier molecular flexibility index (Phi) is 3.02. The molecule has 0 aliphatic carbocycles. The van der Waals surface area contributed by atoms with E-state index in [4.69, 9.17) is 5.26 Å². The van der Waals surface area contributed by atoms with Crippen LogP contribution in [0.4, 0.5) is 10.2 Å². The van der Waals surface area contributed by atoms with E-state index < -0.39 is 10.7 Å². The van der Waals surface area contributed by atoms with Crippen molar-refractivity contribution in [2.75, 3.05) is 0 Å². The summed E-state index contributed by atoms with van der Waals surface area (Å²) >= 11 is 0. The first-order valence-electron chi connectivity index (χ1n) is 4.97. The van der Waals surface area contributed by atoms with Crippen LogP contribution in [0.5, 0.6) is 0 Å². The minimum Gasteiger partial charge on any atom is -0.358 e. The van der Waals surface area contributed by atoms with E-state index in [2.05, 4.69) is 5.10 Å². The van der Waals surface area contributed by atoms with Crippen LogP contribution in [-0.2, 0) is 6.54 Å². The predicted molar refractivity (Wildman–Crippen MR) is 59.1 cm³/mol. The first-order chi connectivity index (χ1) is 8.61. The van der Waals surface area contributed by atoms with Gasteiger partial charge >= 0.3 is 5.82 Å². The van der Waals surface area contributed by atoms with Crippen molar-refractivity contribution in [1.29, 1.82) is 5.26 Å². The molecule has 0 aliphatic rings. The van der Waals surface area contributed by atoms with Crippen LogP contribution < -0.4 is 0 Å². The first kappa shape index (κ1) is 11.7. The van der Waals surface area contributed by atoms with Crippen LogP contribution in [0.2, 0.25) is 0 Å². The molecule has 1 aromatic carbocycles. The Morgan fingerprint density at radius 3 is 2.89 bits per heavy atom. The van der Waals surface area contributed by atoms with Crippen LogP contribution in [0.15, 0.2) is 30.5 Å². The van der Waals surface area contributed by atoms with Gasteiger partial charge in [0.25, 0.3) is 0 Å². The van der Waals surface area contributed by atoms with E-state index in [-0.39, 0.29) is 23.5 Å². The summed E-state index contributed by atoms with van der Waals surface area (Å²) in [5, 5.41) is 22.8. The summed E-state index contributed by atoms with van der Waals surface area (Å²) < 4.78 is 15.0. The molecule has 1 aromatic heterocycles. The van der Waals surface area contributed by atoms with Gasteiger partial charge in [-0.3, -0.25) is 0 Å². The van der Waals surface area contributed by atoms with Crippen LogP contribution in [0.1, 0.15) is 11.1 Å². The van der Waals surface area contributed by atoms with Crippen LogP contribution in [-0.4, -0.2) is 14.7 Å². The molecule has 0 saturated heterocycles. The third-order valence-corrected chi connectivity index (χ3v) is 2.35. The van der Waals surface area contributed by atoms with Crippen LogP contribution in [0, 0.1) is 27.3 Å². The Morgan fingerprint density at radius 2 is 2.28 bits per heavy atom. The lowest BCUT2D eigenvalue weighted by Gasteiger charge is -2.01. The highest BCUT2D eigenvalue weighted by Gasteiger charge is 2.13. The lowest BCUT2D eigenvalue weighted by atomic mass is 10.1. The van der Waals surface area contributed by atoms with E-state index in [1.165, 1.54) is 29.1 Å². The van der Waals surface area contributed by atoms with Crippen LogP contribution in [0.3, 0.4) is 0 Å². The maximum absolute atomic E-state index is 13.7. The molecule has 0 spiro atoms. The second-order valence-corrected chi connectivity index (χ2v) is 3.52. The van der Waals surface area contributed by atoms with Gasteiger partial charge in [0.1, 0.15) is 11.9 Å². The lowest BCUT2D eigenvalue weighted by Crippen LogP contribution is -2.04. The molecule has 0 bridgehead atoms. The van der Waals surface area contributed by atoms with Gasteiger partial charge < -0.3 is 10.1 Å². The number of rotatable bonds is 3. The van der Waals surface area contributed by atoms with Gasteiger partial charge in [-0.2, -0.15) is 9.94 Å². The molecule has 0 atom stereocenters. The van der Waals surface area contributed by atoms with Crippen molar-refractivity contribution in [1.82, 2.24) is 9.78 Å². The minimum absolute atomic E-state index is 0.0369. The number of benzene rings is 1. The molecule has 1 heterocycles. The van der Waals surface area contributed by atoms with E-state index in [0.29, 0.717) is 0 Å². The number of nitriles is 1. The molecule has 2 aromatic rings. The molecule has 6 nitrogen and oxygen atoms in total. The van der Waals surface area contributed by atoms with Crippen molar-refractivity contribution in [2.24, 2.45) is 0 Å². The molecular weight excluding hydrogens is 239 g/mol. The summed E-state index contributed by atoms with van der Waals surface area (Å²) in [6.07, 6.45) is 1.39. The average molecular weight is 246 g/mol. The molecule has 7 heteroatoms. The minimum atomic E-state index is -0.627. The van der Waals surface area contributed by atoms with Crippen molar-refractivity contribution in [3.8, 4) is 6.07 Å². The van der Waals surface area contributed by atoms with Crippen molar-refractivity contribution in [3.63, 3.8) is 0 Å². The smallest absolute Gasteiger partial charge is 0.358 e. The average Bonchev–Trinajstić information content (AvgIpc) is 2.80. The quantitative estimate of drug-likeness (QED) is 0.611. The molecular formula is C11H7FN4O2. The molecule has 0 unspecified atom stereocenters. The highest BCUT2D eigenvalue weighted by atomic mass is 19.1. The maximum atomic E-state index is 13.7. The fourth-order valence-electron chi connectivity index (χ4n) is 1.50. The predicted octanol–water partition coefficient (Wildman–Crippen LogP) is 1.85. The first-order valence-corrected chi connectivity index (χ1v) is 4.97. The third-order valence-electron chi connectivity index (χ3n) is 2.35. The summed E-state index contributed by atoms with van der Waals surface area (Å²) in [5.41, 5.74) is 0.196. The number of halogens is 1. The van der Waals surface area contributed by atoms with Crippen LogP contribution in [0.25, 0.3) is 0 Å². The number of nitro groups is 1. The van der Waals surface area contributed by atoms with Gasteiger partial charge in [-0.15, -0.1) is 0 Å². The van der Waals surface area contributed by atoms with E-state index in [0.717, 1.165) is 0 Å². The number of hydrogen-bond acceptors (Lipinski definition) is 4. The highest BCUT2D eigenvalue weighted by Crippen LogP contribution is 2.14. The van der Waals surface area contributed by atoms with E-state index in [1.807, 2.05) is 0 Å². The number of nitrogens with zero attached hydrogens (tertiary/aromatic N) is 4. The van der Waals surface area contributed by atoms with Gasteiger partial charge in [-0.1, -0.05) is 12.1 Å². The van der Waals surface area contributed by atoms with Gasteiger partial charge in [0, 0.05) is 5.56 Å². The Hall–Kier alpha value is -2.75. The fraction of sp³-hybridized carbons (Fsp3) is 0.0909. The zero-order chi connectivity index (χ0) is 13.1. The van der Waals surface area contributed by atoms with Gasteiger partial charge in [0.15, 0.2) is 0 Å². The topological polar surface area (TPSA) is 84.8 Å². The molecule has 2 rings (SSSR count). The molecule has 0 saturated carbocycles. The number of hydrogen-bond donors (Lipinski definition) is 0. The summed E-state index contributed by atoms with van der Waals surface area (Å²) in [6.45, 7) is 0.0369. The van der Waals surface area contributed by atoms with Crippen molar-refractivity contribution in [3.05, 3.63) is 57.5 Å². The standard InChI is InChI=1S/C11H7FN4O2/c12-11-8(6-13)2-1-3-9(11)7-15-5-4-10(14-15)16(17)18/h1-5H,7H2. The second kappa shape index (κ2) is 4.63. The van der Waals surface area contributed by atoms with Crippen molar-refractivity contribution < 1.29 is 9.31 Å². The summed E-state index contributed by atoms with van der Waals surface area (Å²) in [4.78, 5) is 9.82. The second-order valence-electron chi connectivity index (χ2n) is 3.52. The Labute approximate surface area is 101 Å². The molecule has 0 amide bonds. The molecule has 0 fully saturated rings.